The molecule has 5 aromatic rings. The highest BCUT2D eigenvalue weighted by Gasteiger charge is 2.44. The molecule has 6 rings (SSSR count). The summed E-state index contributed by atoms with van der Waals surface area (Å²) in [7, 11) is 1.79. The molecule has 5 aromatic carbocycles. The van der Waals surface area contributed by atoms with Gasteiger partial charge in [0, 0.05) is 0 Å². The van der Waals surface area contributed by atoms with E-state index in [-0.39, 0.29) is 0 Å². The molecule has 0 saturated carbocycles. The van der Waals surface area contributed by atoms with Crippen LogP contribution in [0.5, 0.6) is 0 Å². The van der Waals surface area contributed by atoms with Crippen molar-refractivity contribution in [2.45, 2.75) is 51.2 Å². The maximum atomic E-state index is 10.7. The van der Waals surface area contributed by atoms with Gasteiger partial charge < -0.3 is 9.76 Å². The van der Waals surface area contributed by atoms with Gasteiger partial charge in [-0.25, -0.2) is 0 Å². The monoisotopic (exact) mass is 535 g/mol. The minimum atomic E-state index is -1.00. The maximum absolute atomic E-state index is 10.7. The third kappa shape index (κ3) is 4.54. The van der Waals surface area contributed by atoms with E-state index in [1.807, 2.05) is 13.8 Å². The van der Waals surface area contributed by atoms with Crippen LogP contribution in [0.2, 0.25) is 0 Å². The second-order valence-electron chi connectivity index (χ2n) is 12.2. The molecule has 0 aromatic heterocycles. The minimum absolute atomic E-state index is 0.588. The normalized spacial score (nSPS) is 13.9. The Morgan fingerprint density at radius 1 is 0.585 bits per heavy atom. The summed E-state index contributed by atoms with van der Waals surface area (Å²) in [4.78, 5) is 0. The molecule has 1 aliphatic rings. The van der Waals surface area contributed by atoms with E-state index in [1.54, 1.807) is 21.3 Å². The van der Waals surface area contributed by atoms with Crippen molar-refractivity contribution in [3.63, 3.8) is 0 Å². The van der Waals surface area contributed by atoms with Crippen molar-refractivity contribution in [2.75, 3.05) is 0 Å². The molecule has 41 heavy (non-hydrogen) atoms. The molecule has 1 radical (unpaired) electrons. The molecule has 2 nitrogen and oxygen atoms in total. The van der Waals surface area contributed by atoms with Gasteiger partial charge in [-0.1, -0.05) is 132 Å². The van der Waals surface area contributed by atoms with Crippen LogP contribution >= 0.6 is 0 Å². The van der Waals surface area contributed by atoms with Crippen molar-refractivity contribution in [2.24, 2.45) is 0 Å². The van der Waals surface area contributed by atoms with E-state index in [2.05, 4.69) is 128 Å². The van der Waals surface area contributed by atoms with Crippen molar-refractivity contribution in [1.29, 1.82) is 0 Å². The summed E-state index contributed by atoms with van der Waals surface area (Å²) in [5.41, 5.74) is 9.62. The van der Waals surface area contributed by atoms with E-state index in [1.165, 1.54) is 44.5 Å². The lowest BCUT2D eigenvalue weighted by atomic mass is 9.62. The van der Waals surface area contributed by atoms with E-state index < -0.39 is 16.6 Å². The topological polar surface area (TPSA) is 29.5 Å². The minimum Gasteiger partial charge on any atom is -0.427 e. The first kappa shape index (κ1) is 27.3. The number of aliphatic hydroxyl groups is 1. The average molecular weight is 536 g/mol. The molecule has 0 spiro atoms. The molecule has 0 bridgehead atoms. The van der Waals surface area contributed by atoms with E-state index in [9.17, 15) is 5.11 Å². The molecule has 0 atom stereocenters. The van der Waals surface area contributed by atoms with Crippen molar-refractivity contribution in [1.82, 2.24) is 0 Å². The van der Waals surface area contributed by atoms with Crippen molar-refractivity contribution in [3.8, 4) is 22.3 Å². The first-order valence-electron chi connectivity index (χ1n) is 14.3. The fourth-order valence-corrected chi connectivity index (χ4v) is 5.98. The van der Waals surface area contributed by atoms with Gasteiger partial charge >= 0.3 is 7.48 Å². The number of benzene rings is 5. The second kappa shape index (κ2) is 10.2. The predicted octanol–water partition coefficient (Wildman–Crippen LogP) is 7.84. The Balaban J connectivity index is 1.67. The van der Waals surface area contributed by atoms with Crippen LogP contribution in [0, 0.1) is 6.92 Å². The van der Waals surface area contributed by atoms with Crippen LogP contribution in [0.25, 0.3) is 22.3 Å². The Bertz CT molecular complexity index is 1640. The highest BCUT2D eigenvalue weighted by molar-refractivity contribution is 6.47. The van der Waals surface area contributed by atoms with Gasteiger partial charge in [-0.15, -0.1) is 0 Å². The van der Waals surface area contributed by atoms with Crippen LogP contribution < -0.4 is 5.46 Å². The van der Waals surface area contributed by atoms with Crippen LogP contribution in [0.15, 0.2) is 121 Å². The third-order valence-corrected chi connectivity index (χ3v) is 8.94. The molecule has 203 valence electrons. The Hall–Kier alpha value is -3.92. The summed E-state index contributed by atoms with van der Waals surface area (Å²) in [6.07, 6.45) is 0. The van der Waals surface area contributed by atoms with E-state index in [4.69, 9.17) is 4.65 Å². The van der Waals surface area contributed by atoms with Crippen molar-refractivity contribution < 1.29 is 9.76 Å². The van der Waals surface area contributed by atoms with Crippen LogP contribution in [-0.4, -0.2) is 23.8 Å². The molecule has 0 fully saturated rings. The number of aryl methyl sites for hydroxylation is 1. The van der Waals surface area contributed by atoms with Gasteiger partial charge in [-0.2, -0.15) is 0 Å². The molecule has 3 heteroatoms. The quantitative estimate of drug-likeness (QED) is 0.220. The van der Waals surface area contributed by atoms with Crippen LogP contribution in [-0.2, 0) is 10.1 Å². The smallest absolute Gasteiger partial charge is 0.330 e. The Kier molecular flexibility index (Phi) is 6.76. The zero-order valence-electron chi connectivity index (χ0n) is 24.5. The SMILES string of the molecule is Cc1ccc(C2(c3cccc([B]OC(C)(C)C(C)(C)O)c3)c3ccccc3-c3ccccc3-c3ccccc32)cc1. The van der Waals surface area contributed by atoms with Crippen molar-refractivity contribution >= 4 is 12.9 Å². The fraction of sp³-hybridized carbons (Fsp3) is 0.211. The first-order chi connectivity index (χ1) is 19.6. The van der Waals surface area contributed by atoms with E-state index >= 15 is 0 Å². The fourth-order valence-electron chi connectivity index (χ4n) is 5.98. The predicted molar refractivity (Wildman–Crippen MR) is 171 cm³/mol. The lowest BCUT2D eigenvalue weighted by molar-refractivity contribution is -0.0893. The molecule has 1 N–H and O–H groups in total. The summed E-state index contributed by atoms with van der Waals surface area (Å²) >= 11 is 0. The zero-order valence-corrected chi connectivity index (χ0v) is 24.5. The maximum Gasteiger partial charge on any atom is 0.330 e. The highest BCUT2D eigenvalue weighted by Crippen LogP contribution is 2.54. The Morgan fingerprint density at radius 3 is 1.63 bits per heavy atom. The third-order valence-electron chi connectivity index (χ3n) is 8.94. The van der Waals surface area contributed by atoms with Gasteiger partial charge in [-0.05, 0) is 79.1 Å². The van der Waals surface area contributed by atoms with E-state index in [0.29, 0.717) is 0 Å². The van der Waals surface area contributed by atoms with Crippen LogP contribution in [0.4, 0.5) is 0 Å². The largest absolute Gasteiger partial charge is 0.427 e. The van der Waals surface area contributed by atoms with Gasteiger partial charge in [0.1, 0.15) is 0 Å². The molecule has 1 aliphatic carbocycles. The summed E-state index contributed by atoms with van der Waals surface area (Å²) in [5.74, 6) is 0. The van der Waals surface area contributed by atoms with Crippen molar-refractivity contribution in [3.05, 3.63) is 149 Å². The van der Waals surface area contributed by atoms with Crippen LogP contribution in [0.3, 0.4) is 0 Å². The summed E-state index contributed by atoms with van der Waals surface area (Å²) in [6.45, 7) is 9.52. The van der Waals surface area contributed by atoms with Gasteiger partial charge in [-0.3, -0.25) is 0 Å². The average Bonchev–Trinajstić information content (AvgIpc) is 3.08. The first-order valence-corrected chi connectivity index (χ1v) is 14.3. The number of hydrogen-bond acceptors (Lipinski definition) is 2. The molecule has 0 aliphatic heterocycles. The summed E-state index contributed by atoms with van der Waals surface area (Å²) in [5, 5.41) is 10.7. The molecule has 0 amide bonds. The Labute approximate surface area is 245 Å². The lowest BCUT2D eigenvalue weighted by Crippen LogP contribution is -2.49. The molecule has 0 saturated heterocycles. The van der Waals surface area contributed by atoms with Gasteiger partial charge in [0.25, 0.3) is 0 Å². The Morgan fingerprint density at radius 2 is 1.10 bits per heavy atom. The van der Waals surface area contributed by atoms with Crippen LogP contribution in [0.1, 0.15) is 55.5 Å². The summed E-state index contributed by atoms with van der Waals surface area (Å²) in [6, 6.07) is 44.1. The lowest BCUT2D eigenvalue weighted by Gasteiger charge is -2.39. The second-order valence-corrected chi connectivity index (χ2v) is 12.2. The standard InChI is InChI=1S/C38H36BO2/c1-26-21-23-27(24-22-26)38(28-13-12-14-29(25-28)39-41-37(4,5)36(2,3)40)34-19-10-8-17-32(34)30-15-6-7-16-31(30)33-18-9-11-20-35(33)38/h6-25,40H,1-5H3. The highest BCUT2D eigenvalue weighted by atomic mass is 16.5. The molecule has 0 unspecified atom stereocenters. The van der Waals surface area contributed by atoms with Gasteiger partial charge in [0.2, 0.25) is 0 Å². The van der Waals surface area contributed by atoms with Gasteiger partial charge in [0.05, 0.1) is 16.6 Å². The summed E-state index contributed by atoms with van der Waals surface area (Å²) < 4.78 is 6.22. The molecule has 0 heterocycles. The number of fused-ring (bicyclic) bond motifs is 5. The zero-order chi connectivity index (χ0) is 28.8. The number of rotatable bonds is 6. The van der Waals surface area contributed by atoms with E-state index in [0.717, 1.165) is 11.0 Å². The molecular formula is C38H36BO2. The molecular weight excluding hydrogens is 499 g/mol. The number of hydrogen-bond donors (Lipinski definition) is 1. The van der Waals surface area contributed by atoms with Gasteiger partial charge in [0.15, 0.2) is 0 Å².